The first kappa shape index (κ1) is 51.6. The van der Waals surface area contributed by atoms with Crippen LogP contribution in [0, 0.1) is 0 Å². The predicted octanol–water partition coefficient (Wildman–Crippen LogP) is 12.9. The number of aliphatic hydroxyl groups excluding tert-OH is 2. The first-order valence-electron chi connectivity index (χ1n) is 22.6. The van der Waals surface area contributed by atoms with Crippen LogP contribution in [-0.2, 0) is 14.3 Å². The van der Waals surface area contributed by atoms with E-state index in [-0.39, 0.29) is 24.9 Å². The Morgan fingerprint density at radius 1 is 0.556 bits per heavy atom. The molecular weight excluding hydrogens is 671 g/mol. The van der Waals surface area contributed by atoms with Gasteiger partial charge in [-0.2, -0.15) is 0 Å². The quantitative estimate of drug-likeness (QED) is 0.0251. The molecule has 3 unspecified atom stereocenters. The van der Waals surface area contributed by atoms with E-state index in [1.54, 1.807) is 0 Å². The molecule has 0 saturated heterocycles. The number of allylic oxidation sites excluding steroid dienone is 10. The molecule has 1 amide bonds. The van der Waals surface area contributed by atoms with Crippen molar-refractivity contribution in [3.05, 3.63) is 60.8 Å². The van der Waals surface area contributed by atoms with Crippen LogP contribution in [-0.4, -0.2) is 46.9 Å². The number of unbranched alkanes of at least 4 members (excludes halogenated alkanes) is 20. The van der Waals surface area contributed by atoms with Gasteiger partial charge in [0.2, 0.25) is 5.91 Å². The second-order valence-electron chi connectivity index (χ2n) is 15.2. The average molecular weight is 756 g/mol. The Labute approximate surface area is 333 Å². The van der Waals surface area contributed by atoms with Crippen LogP contribution in [0.25, 0.3) is 0 Å². The van der Waals surface area contributed by atoms with Gasteiger partial charge >= 0.3 is 5.97 Å². The summed E-state index contributed by atoms with van der Waals surface area (Å²) >= 11 is 0. The third kappa shape index (κ3) is 36.5. The summed E-state index contributed by atoms with van der Waals surface area (Å²) in [4.78, 5) is 25.9. The molecule has 0 aromatic heterocycles. The van der Waals surface area contributed by atoms with Crippen molar-refractivity contribution in [2.75, 3.05) is 6.61 Å². The van der Waals surface area contributed by atoms with Crippen LogP contribution in [0.4, 0.5) is 0 Å². The van der Waals surface area contributed by atoms with Crippen molar-refractivity contribution in [1.29, 1.82) is 0 Å². The molecule has 0 radical (unpaired) electrons. The van der Waals surface area contributed by atoms with Crippen molar-refractivity contribution in [2.45, 2.75) is 225 Å². The summed E-state index contributed by atoms with van der Waals surface area (Å²) in [5.41, 5.74) is 0. The van der Waals surface area contributed by atoms with E-state index in [0.29, 0.717) is 19.3 Å². The third-order valence-corrected chi connectivity index (χ3v) is 9.93. The van der Waals surface area contributed by atoms with Gasteiger partial charge in [-0.25, -0.2) is 0 Å². The van der Waals surface area contributed by atoms with Crippen LogP contribution < -0.4 is 5.32 Å². The van der Waals surface area contributed by atoms with Crippen LogP contribution in [0.2, 0.25) is 0 Å². The van der Waals surface area contributed by atoms with Crippen LogP contribution in [0.15, 0.2) is 60.8 Å². The molecule has 0 heterocycles. The van der Waals surface area contributed by atoms with E-state index in [1.807, 2.05) is 30.4 Å². The van der Waals surface area contributed by atoms with E-state index in [2.05, 4.69) is 56.5 Å². The number of aliphatic hydroxyl groups is 2. The Balaban J connectivity index is 4.71. The Kier molecular flexibility index (Phi) is 39.8. The summed E-state index contributed by atoms with van der Waals surface area (Å²) in [6.07, 6.45) is 49.9. The summed E-state index contributed by atoms with van der Waals surface area (Å²) in [5.74, 6) is -0.529. The minimum atomic E-state index is -0.798. The lowest BCUT2D eigenvalue weighted by atomic mass is 10.0. The number of hydrogen-bond donors (Lipinski definition) is 3. The van der Waals surface area contributed by atoms with Gasteiger partial charge in [0, 0.05) is 6.42 Å². The fourth-order valence-electron chi connectivity index (χ4n) is 6.49. The van der Waals surface area contributed by atoms with Gasteiger partial charge in [0.05, 0.1) is 25.2 Å². The van der Waals surface area contributed by atoms with E-state index < -0.39 is 18.2 Å². The number of carbonyl (C=O) groups is 2. The van der Waals surface area contributed by atoms with Crippen LogP contribution >= 0.6 is 0 Å². The minimum absolute atomic E-state index is 0.0465. The summed E-state index contributed by atoms with van der Waals surface area (Å²) in [7, 11) is 0. The summed E-state index contributed by atoms with van der Waals surface area (Å²) in [5, 5.41) is 23.6. The molecule has 0 saturated carbocycles. The molecule has 6 nitrogen and oxygen atoms in total. The molecule has 3 N–H and O–H groups in total. The monoisotopic (exact) mass is 756 g/mol. The number of amides is 1. The highest BCUT2D eigenvalue weighted by molar-refractivity contribution is 5.77. The second kappa shape index (κ2) is 41.7. The number of carbonyl (C=O) groups excluding carboxylic acids is 2. The van der Waals surface area contributed by atoms with Gasteiger partial charge < -0.3 is 20.3 Å². The van der Waals surface area contributed by atoms with Crippen molar-refractivity contribution in [2.24, 2.45) is 0 Å². The maximum atomic E-state index is 13.1. The lowest BCUT2D eigenvalue weighted by Gasteiger charge is -2.24. The van der Waals surface area contributed by atoms with Crippen LogP contribution in [0.3, 0.4) is 0 Å². The zero-order chi connectivity index (χ0) is 39.6. The molecule has 6 heteroatoms. The average Bonchev–Trinajstić information content (AvgIpc) is 3.16. The number of nitrogens with one attached hydrogen (secondary N) is 1. The van der Waals surface area contributed by atoms with E-state index in [4.69, 9.17) is 4.74 Å². The van der Waals surface area contributed by atoms with Crippen LogP contribution in [0.5, 0.6) is 0 Å². The minimum Gasteiger partial charge on any atom is -0.462 e. The fourth-order valence-corrected chi connectivity index (χ4v) is 6.49. The molecule has 3 atom stereocenters. The topological polar surface area (TPSA) is 95.9 Å². The number of ether oxygens (including phenoxy) is 1. The van der Waals surface area contributed by atoms with E-state index in [9.17, 15) is 19.8 Å². The molecule has 0 bridgehead atoms. The Morgan fingerprint density at radius 3 is 1.63 bits per heavy atom. The number of esters is 1. The first-order chi connectivity index (χ1) is 26.5. The van der Waals surface area contributed by atoms with Crippen LogP contribution in [0.1, 0.15) is 207 Å². The predicted molar refractivity (Wildman–Crippen MR) is 232 cm³/mol. The van der Waals surface area contributed by atoms with Gasteiger partial charge in [0.25, 0.3) is 0 Å². The Bertz CT molecular complexity index is 984. The van der Waals surface area contributed by atoms with Crippen molar-refractivity contribution in [3.8, 4) is 0 Å². The van der Waals surface area contributed by atoms with Gasteiger partial charge in [-0.15, -0.1) is 0 Å². The third-order valence-electron chi connectivity index (χ3n) is 9.93. The van der Waals surface area contributed by atoms with E-state index in [0.717, 1.165) is 77.0 Å². The number of rotatable bonds is 39. The van der Waals surface area contributed by atoms with Gasteiger partial charge in [0.15, 0.2) is 0 Å². The standard InChI is InChI=1S/C48H85NO5/c1-4-7-10-13-16-19-22-24-25-27-30-33-36-39-44(54-48(53)41-38-35-32-29-26-23-20-17-14-11-8-5-2)42-47(52)49-45(43-50)46(51)40-37-34-31-28-21-18-15-12-9-6-3/h7,10,13,16-17,19-20,22,24-25,44-46,50-51H,4-6,8-9,11-12,14-15,18,21,23,26-43H2,1-3H3,(H,49,52)/b10-7+,16-13+,20-17-,22-19+,25-24-. The second-order valence-corrected chi connectivity index (χ2v) is 15.2. The van der Waals surface area contributed by atoms with Crippen molar-refractivity contribution in [1.82, 2.24) is 5.32 Å². The highest BCUT2D eigenvalue weighted by Crippen LogP contribution is 2.17. The highest BCUT2D eigenvalue weighted by Gasteiger charge is 2.24. The van der Waals surface area contributed by atoms with E-state index in [1.165, 1.54) is 83.5 Å². The van der Waals surface area contributed by atoms with E-state index >= 15 is 0 Å². The number of hydrogen-bond acceptors (Lipinski definition) is 5. The SMILES string of the molecule is CC/C=C/C=C/C=C/C=C\CCCCCC(CC(=O)NC(CO)C(O)CCCCCCCCCCCC)OC(=O)CCCCCCC/C=C\CCCCC. The molecule has 0 fully saturated rings. The normalized spacial score (nSPS) is 13.9. The Hall–Kier alpha value is -2.44. The molecule has 0 aromatic rings. The van der Waals surface area contributed by atoms with Crippen molar-refractivity contribution < 1.29 is 24.5 Å². The summed E-state index contributed by atoms with van der Waals surface area (Å²) in [6.45, 7) is 6.27. The molecule has 312 valence electrons. The highest BCUT2D eigenvalue weighted by atomic mass is 16.5. The lowest BCUT2D eigenvalue weighted by molar-refractivity contribution is -0.151. The van der Waals surface area contributed by atoms with Gasteiger partial charge in [0.1, 0.15) is 6.10 Å². The molecular formula is C48H85NO5. The van der Waals surface area contributed by atoms with Gasteiger partial charge in [-0.3, -0.25) is 9.59 Å². The zero-order valence-electron chi connectivity index (χ0n) is 35.3. The molecule has 54 heavy (non-hydrogen) atoms. The fraction of sp³-hybridized carbons (Fsp3) is 0.750. The van der Waals surface area contributed by atoms with Crippen molar-refractivity contribution in [3.63, 3.8) is 0 Å². The lowest BCUT2D eigenvalue weighted by Crippen LogP contribution is -2.46. The van der Waals surface area contributed by atoms with Gasteiger partial charge in [-0.05, 0) is 70.6 Å². The van der Waals surface area contributed by atoms with Gasteiger partial charge in [-0.1, -0.05) is 184 Å². The Morgan fingerprint density at radius 2 is 1.02 bits per heavy atom. The molecule has 0 aliphatic heterocycles. The van der Waals surface area contributed by atoms with Crippen molar-refractivity contribution >= 4 is 11.9 Å². The maximum absolute atomic E-state index is 13.1. The summed E-state index contributed by atoms with van der Waals surface area (Å²) in [6, 6.07) is -0.715. The molecule has 0 aliphatic rings. The zero-order valence-corrected chi connectivity index (χ0v) is 35.3. The molecule has 0 spiro atoms. The largest absolute Gasteiger partial charge is 0.462 e. The molecule has 0 aromatic carbocycles. The maximum Gasteiger partial charge on any atom is 0.306 e. The first-order valence-corrected chi connectivity index (χ1v) is 22.6. The molecule has 0 aliphatic carbocycles. The smallest absolute Gasteiger partial charge is 0.306 e. The summed E-state index contributed by atoms with van der Waals surface area (Å²) < 4.78 is 5.87. The molecule has 0 rings (SSSR count).